The molecule has 0 atom stereocenters. The number of benzene rings is 2. The van der Waals surface area contributed by atoms with Crippen molar-refractivity contribution in [3.05, 3.63) is 74.0 Å². The van der Waals surface area contributed by atoms with E-state index in [-0.39, 0.29) is 22.3 Å². The minimum atomic E-state index is -0.333. The second-order valence-corrected chi connectivity index (χ2v) is 6.15. The van der Waals surface area contributed by atoms with E-state index in [4.69, 9.17) is 11.6 Å². The molecular weight excluding hydrogens is 401 g/mol. The fourth-order valence-electron chi connectivity index (χ4n) is 2.13. The molecule has 0 aromatic heterocycles. The van der Waals surface area contributed by atoms with Crippen molar-refractivity contribution in [3.63, 3.8) is 0 Å². The van der Waals surface area contributed by atoms with Crippen molar-refractivity contribution in [2.75, 3.05) is 5.32 Å². The SMILES string of the molecule is O=C1C(Cl)=C(Nc2ccc(I)cc2)C(=O)c2ccccc21. The average Bonchev–Trinajstić information content (AvgIpc) is 2.51. The van der Waals surface area contributed by atoms with Gasteiger partial charge in [0.1, 0.15) is 10.7 Å². The van der Waals surface area contributed by atoms with E-state index in [1.807, 2.05) is 24.3 Å². The Balaban J connectivity index is 2.02. The van der Waals surface area contributed by atoms with Crippen LogP contribution in [0.3, 0.4) is 0 Å². The lowest BCUT2D eigenvalue weighted by molar-refractivity contribution is 0.0982. The molecular formula is C16H9ClINO2. The van der Waals surface area contributed by atoms with Crippen molar-refractivity contribution in [2.45, 2.75) is 0 Å². The van der Waals surface area contributed by atoms with Gasteiger partial charge in [-0.05, 0) is 46.9 Å². The van der Waals surface area contributed by atoms with Crippen molar-refractivity contribution in [1.82, 2.24) is 0 Å². The van der Waals surface area contributed by atoms with Gasteiger partial charge < -0.3 is 5.32 Å². The summed E-state index contributed by atoms with van der Waals surface area (Å²) in [5.74, 6) is -0.603. The molecule has 0 amide bonds. The Labute approximate surface area is 140 Å². The van der Waals surface area contributed by atoms with Crippen LogP contribution >= 0.6 is 34.2 Å². The van der Waals surface area contributed by atoms with Crippen molar-refractivity contribution < 1.29 is 9.59 Å². The Morgan fingerprint density at radius 3 is 2.05 bits per heavy atom. The van der Waals surface area contributed by atoms with Crippen LogP contribution in [0.15, 0.2) is 59.3 Å². The monoisotopic (exact) mass is 409 g/mol. The molecule has 2 aromatic rings. The molecule has 0 unspecified atom stereocenters. The normalized spacial score (nSPS) is 14.2. The topological polar surface area (TPSA) is 46.2 Å². The van der Waals surface area contributed by atoms with Gasteiger partial charge in [0, 0.05) is 20.4 Å². The molecule has 0 saturated heterocycles. The molecule has 5 heteroatoms. The third-order valence-corrected chi connectivity index (χ3v) is 4.26. The highest BCUT2D eigenvalue weighted by molar-refractivity contribution is 14.1. The maximum absolute atomic E-state index is 12.5. The number of hydrogen-bond acceptors (Lipinski definition) is 3. The van der Waals surface area contributed by atoms with E-state index in [1.54, 1.807) is 24.3 Å². The van der Waals surface area contributed by atoms with E-state index in [0.717, 1.165) is 3.57 Å². The summed E-state index contributed by atoms with van der Waals surface area (Å²) in [6.45, 7) is 0. The first-order chi connectivity index (χ1) is 10.1. The lowest BCUT2D eigenvalue weighted by atomic mass is 9.92. The van der Waals surface area contributed by atoms with Crippen LogP contribution in [0, 0.1) is 3.57 Å². The van der Waals surface area contributed by atoms with Gasteiger partial charge in [0.25, 0.3) is 0 Å². The summed E-state index contributed by atoms with van der Waals surface area (Å²) in [6.07, 6.45) is 0. The number of nitrogens with one attached hydrogen (secondary N) is 1. The van der Waals surface area contributed by atoms with Crippen molar-refractivity contribution >= 4 is 51.4 Å². The average molecular weight is 410 g/mol. The lowest BCUT2D eigenvalue weighted by Gasteiger charge is -2.18. The smallest absolute Gasteiger partial charge is 0.211 e. The number of carbonyl (C=O) groups is 2. The highest BCUT2D eigenvalue weighted by atomic mass is 127. The first kappa shape index (κ1) is 14.3. The predicted octanol–water partition coefficient (Wildman–Crippen LogP) is 4.23. The van der Waals surface area contributed by atoms with Crippen LogP contribution in [0.2, 0.25) is 0 Å². The van der Waals surface area contributed by atoms with E-state index in [0.29, 0.717) is 16.8 Å². The Bertz CT molecular complexity index is 781. The van der Waals surface area contributed by atoms with Crippen LogP contribution in [0.25, 0.3) is 0 Å². The third kappa shape index (κ3) is 2.61. The first-order valence-corrected chi connectivity index (χ1v) is 7.64. The second kappa shape index (κ2) is 5.61. The molecule has 3 nitrogen and oxygen atoms in total. The second-order valence-electron chi connectivity index (χ2n) is 4.52. The quantitative estimate of drug-likeness (QED) is 0.755. The Hall–Kier alpha value is -1.66. The number of ketones is 2. The number of fused-ring (bicyclic) bond motifs is 1. The Kier molecular flexibility index (Phi) is 3.82. The van der Waals surface area contributed by atoms with Gasteiger partial charge in [0.05, 0.1) is 0 Å². The summed E-state index contributed by atoms with van der Waals surface area (Å²) in [5, 5.41) is 2.88. The molecule has 2 aromatic carbocycles. The number of allylic oxidation sites excluding steroid dienone is 2. The summed E-state index contributed by atoms with van der Waals surface area (Å²) >= 11 is 8.27. The summed E-state index contributed by atoms with van der Waals surface area (Å²) in [5.41, 5.74) is 1.56. The van der Waals surface area contributed by atoms with Gasteiger partial charge in [-0.2, -0.15) is 0 Å². The third-order valence-electron chi connectivity index (χ3n) is 3.18. The number of rotatable bonds is 2. The summed E-state index contributed by atoms with van der Waals surface area (Å²) in [4.78, 5) is 24.7. The van der Waals surface area contributed by atoms with Crippen LogP contribution in [0.1, 0.15) is 20.7 Å². The minimum absolute atomic E-state index is 0.0720. The summed E-state index contributed by atoms with van der Waals surface area (Å²) < 4.78 is 1.08. The zero-order valence-corrected chi connectivity index (χ0v) is 13.6. The van der Waals surface area contributed by atoms with Gasteiger partial charge >= 0.3 is 0 Å². The van der Waals surface area contributed by atoms with Gasteiger partial charge in [0.15, 0.2) is 0 Å². The Morgan fingerprint density at radius 2 is 1.43 bits per heavy atom. The summed E-state index contributed by atoms with van der Waals surface area (Å²) in [7, 11) is 0. The molecule has 0 bridgehead atoms. The maximum atomic E-state index is 12.5. The van der Waals surface area contributed by atoms with E-state index in [1.165, 1.54) is 0 Å². The molecule has 3 rings (SSSR count). The van der Waals surface area contributed by atoms with Gasteiger partial charge in [-0.25, -0.2) is 0 Å². The van der Waals surface area contributed by atoms with Gasteiger partial charge in [0.2, 0.25) is 11.6 Å². The molecule has 104 valence electrons. The van der Waals surface area contributed by atoms with Crippen LogP contribution in [-0.2, 0) is 0 Å². The van der Waals surface area contributed by atoms with Crippen molar-refractivity contribution in [2.24, 2.45) is 0 Å². The molecule has 21 heavy (non-hydrogen) atoms. The molecule has 0 spiro atoms. The minimum Gasteiger partial charge on any atom is -0.351 e. The van der Waals surface area contributed by atoms with Crippen molar-refractivity contribution in [1.29, 1.82) is 0 Å². The lowest BCUT2D eigenvalue weighted by Crippen LogP contribution is -2.24. The Morgan fingerprint density at radius 1 is 0.857 bits per heavy atom. The molecule has 0 heterocycles. The molecule has 0 aliphatic heterocycles. The van der Waals surface area contributed by atoms with E-state index >= 15 is 0 Å². The first-order valence-electron chi connectivity index (χ1n) is 6.18. The molecule has 0 saturated carbocycles. The number of halogens is 2. The van der Waals surface area contributed by atoms with Gasteiger partial charge in [-0.3, -0.25) is 9.59 Å². The number of anilines is 1. The van der Waals surface area contributed by atoms with Gasteiger partial charge in [-0.1, -0.05) is 35.9 Å². The van der Waals surface area contributed by atoms with E-state index < -0.39 is 0 Å². The van der Waals surface area contributed by atoms with Crippen molar-refractivity contribution in [3.8, 4) is 0 Å². The molecule has 0 radical (unpaired) electrons. The zero-order valence-electron chi connectivity index (χ0n) is 10.7. The standard InChI is InChI=1S/C16H9ClINO2/c17-13-14(19-10-7-5-9(18)6-8-10)16(21)12-4-2-1-3-11(12)15(13)20/h1-8,19H. The van der Waals surface area contributed by atoms with E-state index in [9.17, 15) is 9.59 Å². The largest absolute Gasteiger partial charge is 0.351 e. The van der Waals surface area contributed by atoms with Gasteiger partial charge in [-0.15, -0.1) is 0 Å². The number of carbonyl (C=O) groups excluding carboxylic acids is 2. The van der Waals surface area contributed by atoms with Crippen LogP contribution < -0.4 is 5.32 Å². The van der Waals surface area contributed by atoms with Crippen LogP contribution in [0.5, 0.6) is 0 Å². The number of Topliss-reactive ketones (excluding diaryl/α,β-unsaturated/α-hetero) is 2. The molecule has 1 aliphatic rings. The predicted molar refractivity (Wildman–Crippen MR) is 90.8 cm³/mol. The zero-order chi connectivity index (χ0) is 15.0. The van der Waals surface area contributed by atoms with E-state index in [2.05, 4.69) is 27.9 Å². The molecule has 1 N–H and O–H groups in total. The molecule has 1 aliphatic carbocycles. The number of hydrogen-bond donors (Lipinski definition) is 1. The highest BCUT2D eigenvalue weighted by Crippen LogP contribution is 2.29. The fraction of sp³-hybridized carbons (Fsp3) is 0. The van der Waals surface area contributed by atoms with Crippen LogP contribution in [0.4, 0.5) is 5.69 Å². The summed E-state index contributed by atoms with van der Waals surface area (Å²) in [6, 6.07) is 14.2. The maximum Gasteiger partial charge on any atom is 0.211 e. The highest BCUT2D eigenvalue weighted by Gasteiger charge is 2.31. The fourth-order valence-corrected chi connectivity index (χ4v) is 2.73. The molecule has 0 fully saturated rings. The van der Waals surface area contributed by atoms with Crippen LogP contribution in [-0.4, -0.2) is 11.6 Å².